The average Bonchev–Trinajstić information content (AvgIpc) is 2.41. The first kappa shape index (κ1) is 14.0. The molecular formula is C14H15BrFN3. The summed E-state index contributed by atoms with van der Waals surface area (Å²) in [5, 5.41) is 3.21. The van der Waals surface area contributed by atoms with Gasteiger partial charge in [-0.05, 0) is 58.7 Å². The summed E-state index contributed by atoms with van der Waals surface area (Å²) in [6, 6.07) is 8.88. The highest BCUT2D eigenvalue weighted by Gasteiger charge is 2.13. The molecule has 5 heteroatoms. The van der Waals surface area contributed by atoms with Gasteiger partial charge in [-0.1, -0.05) is 12.1 Å². The van der Waals surface area contributed by atoms with Crippen LogP contribution in [0.4, 0.5) is 10.2 Å². The summed E-state index contributed by atoms with van der Waals surface area (Å²) in [6.07, 6.45) is 2.37. The Balaban J connectivity index is 2.25. The molecular weight excluding hydrogens is 309 g/mol. The minimum Gasteiger partial charge on any atom is -0.383 e. The van der Waals surface area contributed by atoms with Gasteiger partial charge in [0.15, 0.2) is 0 Å². The van der Waals surface area contributed by atoms with Crippen molar-refractivity contribution in [2.45, 2.75) is 12.5 Å². The van der Waals surface area contributed by atoms with Gasteiger partial charge in [0.25, 0.3) is 0 Å². The van der Waals surface area contributed by atoms with Crippen LogP contribution in [0.2, 0.25) is 0 Å². The molecule has 2 rings (SSSR count). The summed E-state index contributed by atoms with van der Waals surface area (Å²) in [6.45, 7) is 0. The van der Waals surface area contributed by atoms with Gasteiger partial charge in [-0.2, -0.15) is 0 Å². The van der Waals surface area contributed by atoms with E-state index in [4.69, 9.17) is 5.73 Å². The van der Waals surface area contributed by atoms with Gasteiger partial charge >= 0.3 is 0 Å². The number of hydrogen-bond acceptors (Lipinski definition) is 3. The lowest BCUT2D eigenvalue weighted by atomic mass is 9.99. The van der Waals surface area contributed by atoms with Gasteiger partial charge in [-0.25, -0.2) is 9.37 Å². The van der Waals surface area contributed by atoms with Gasteiger partial charge in [0, 0.05) is 12.2 Å². The van der Waals surface area contributed by atoms with Crippen LogP contribution < -0.4 is 11.1 Å². The van der Waals surface area contributed by atoms with Crippen LogP contribution in [0.3, 0.4) is 0 Å². The van der Waals surface area contributed by atoms with E-state index in [1.165, 1.54) is 6.07 Å². The van der Waals surface area contributed by atoms with Gasteiger partial charge < -0.3 is 11.1 Å². The van der Waals surface area contributed by atoms with E-state index in [1.54, 1.807) is 18.3 Å². The zero-order chi connectivity index (χ0) is 13.8. The van der Waals surface area contributed by atoms with Crippen molar-refractivity contribution in [3.8, 4) is 0 Å². The molecule has 0 aliphatic rings. The van der Waals surface area contributed by atoms with Crippen molar-refractivity contribution >= 4 is 21.7 Å². The number of nitrogens with two attached hydrogens (primary N) is 1. The molecule has 0 bridgehead atoms. The van der Waals surface area contributed by atoms with Crippen molar-refractivity contribution in [1.29, 1.82) is 0 Å². The number of hydrogen-bond donors (Lipinski definition) is 2. The maximum atomic E-state index is 13.3. The number of benzene rings is 1. The van der Waals surface area contributed by atoms with Crippen molar-refractivity contribution in [3.63, 3.8) is 0 Å². The number of likely N-dealkylation sites (N-methyl/N-ethyl adjacent to an activating group) is 1. The van der Waals surface area contributed by atoms with Crippen LogP contribution in [0.1, 0.15) is 17.2 Å². The smallest absolute Gasteiger partial charge is 0.137 e. The van der Waals surface area contributed by atoms with Gasteiger partial charge in [-0.3, -0.25) is 0 Å². The first-order valence-electron chi connectivity index (χ1n) is 5.93. The molecule has 0 amide bonds. The number of aromatic nitrogens is 1. The van der Waals surface area contributed by atoms with Crippen molar-refractivity contribution in [1.82, 2.24) is 10.3 Å². The summed E-state index contributed by atoms with van der Waals surface area (Å²) in [7, 11) is 1.87. The molecule has 1 unspecified atom stereocenters. The number of rotatable bonds is 4. The van der Waals surface area contributed by atoms with Crippen molar-refractivity contribution in [2.75, 3.05) is 12.8 Å². The van der Waals surface area contributed by atoms with Crippen LogP contribution in [0, 0.1) is 5.82 Å². The quantitative estimate of drug-likeness (QED) is 0.909. The number of nitrogens with one attached hydrogen (secondary N) is 1. The molecule has 0 spiro atoms. The lowest BCUT2D eigenvalue weighted by molar-refractivity contribution is 0.584. The Kier molecular flexibility index (Phi) is 4.50. The first-order chi connectivity index (χ1) is 9.11. The van der Waals surface area contributed by atoms with E-state index in [0.29, 0.717) is 16.7 Å². The van der Waals surface area contributed by atoms with E-state index >= 15 is 0 Å². The SMILES string of the molecule is CNC(Cc1cccnc1N)c1ccc(F)c(Br)c1. The molecule has 0 fully saturated rings. The number of nitrogen functional groups attached to an aromatic ring is 1. The normalized spacial score (nSPS) is 12.4. The summed E-state index contributed by atoms with van der Waals surface area (Å²) < 4.78 is 13.7. The monoisotopic (exact) mass is 323 g/mol. The molecule has 1 aromatic heterocycles. The zero-order valence-corrected chi connectivity index (χ0v) is 12.1. The average molecular weight is 324 g/mol. The van der Waals surface area contributed by atoms with Crippen molar-refractivity contribution < 1.29 is 4.39 Å². The van der Waals surface area contributed by atoms with E-state index in [0.717, 1.165) is 11.1 Å². The summed E-state index contributed by atoms with van der Waals surface area (Å²) >= 11 is 3.20. The maximum Gasteiger partial charge on any atom is 0.137 e. The maximum absolute atomic E-state index is 13.3. The van der Waals surface area contributed by atoms with Gasteiger partial charge in [0.1, 0.15) is 11.6 Å². The fourth-order valence-corrected chi connectivity index (χ4v) is 2.36. The highest BCUT2D eigenvalue weighted by atomic mass is 79.9. The van der Waals surface area contributed by atoms with Gasteiger partial charge in [0.2, 0.25) is 0 Å². The van der Waals surface area contributed by atoms with E-state index in [1.807, 2.05) is 19.2 Å². The lowest BCUT2D eigenvalue weighted by Gasteiger charge is -2.18. The second-order valence-corrected chi connectivity index (χ2v) is 5.12. The third-order valence-electron chi connectivity index (χ3n) is 3.04. The molecule has 1 heterocycles. The van der Waals surface area contributed by atoms with Crippen LogP contribution in [-0.4, -0.2) is 12.0 Å². The third kappa shape index (κ3) is 3.30. The Hall–Kier alpha value is -1.46. The minimum atomic E-state index is -0.264. The van der Waals surface area contributed by atoms with Crippen LogP contribution in [0.5, 0.6) is 0 Å². The first-order valence-corrected chi connectivity index (χ1v) is 6.72. The summed E-state index contributed by atoms with van der Waals surface area (Å²) in [4.78, 5) is 4.07. The number of anilines is 1. The molecule has 100 valence electrons. The molecule has 0 aliphatic heterocycles. The van der Waals surface area contributed by atoms with Crippen LogP contribution in [0.25, 0.3) is 0 Å². The summed E-state index contributed by atoms with van der Waals surface area (Å²) in [5.41, 5.74) is 7.82. The van der Waals surface area contributed by atoms with E-state index in [-0.39, 0.29) is 11.9 Å². The fourth-order valence-electron chi connectivity index (χ4n) is 1.96. The summed E-state index contributed by atoms with van der Waals surface area (Å²) in [5.74, 6) is 0.267. The highest BCUT2D eigenvalue weighted by Crippen LogP contribution is 2.24. The number of halogens is 2. The standard InChI is InChI=1S/C14H15BrFN3/c1-18-13(8-10-3-2-6-19-14(10)17)9-4-5-12(16)11(15)7-9/h2-7,13,18H,8H2,1H3,(H2,17,19). The van der Waals surface area contributed by atoms with Crippen LogP contribution in [-0.2, 0) is 6.42 Å². The minimum absolute atomic E-state index is 0.0587. The van der Waals surface area contributed by atoms with Crippen molar-refractivity contribution in [2.24, 2.45) is 0 Å². The molecule has 0 saturated carbocycles. The molecule has 1 aromatic carbocycles. The van der Waals surface area contributed by atoms with Gasteiger partial charge in [0.05, 0.1) is 4.47 Å². The number of pyridine rings is 1. The Bertz CT molecular complexity index is 574. The van der Waals surface area contributed by atoms with E-state index in [2.05, 4.69) is 26.2 Å². The Morgan fingerprint density at radius 1 is 1.42 bits per heavy atom. The Morgan fingerprint density at radius 2 is 2.21 bits per heavy atom. The van der Waals surface area contributed by atoms with Crippen LogP contribution >= 0.6 is 15.9 Å². The fraction of sp³-hybridized carbons (Fsp3) is 0.214. The molecule has 1 atom stereocenters. The molecule has 0 radical (unpaired) electrons. The molecule has 3 N–H and O–H groups in total. The Labute approximate surface area is 120 Å². The van der Waals surface area contributed by atoms with E-state index < -0.39 is 0 Å². The van der Waals surface area contributed by atoms with E-state index in [9.17, 15) is 4.39 Å². The molecule has 0 saturated heterocycles. The predicted octanol–water partition coefficient (Wildman–Crippen LogP) is 3.07. The van der Waals surface area contributed by atoms with Gasteiger partial charge in [-0.15, -0.1) is 0 Å². The molecule has 0 aliphatic carbocycles. The second kappa shape index (κ2) is 6.12. The largest absolute Gasteiger partial charge is 0.383 e. The Morgan fingerprint density at radius 3 is 2.84 bits per heavy atom. The third-order valence-corrected chi connectivity index (χ3v) is 3.65. The van der Waals surface area contributed by atoms with Crippen LogP contribution in [0.15, 0.2) is 41.0 Å². The van der Waals surface area contributed by atoms with Crippen molar-refractivity contribution in [3.05, 3.63) is 57.9 Å². The number of nitrogens with zero attached hydrogens (tertiary/aromatic N) is 1. The molecule has 2 aromatic rings. The topological polar surface area (TPSA) is 50.9 Å². The molecule has 3 nitrogen and oxygen atoms in total. The lowest BCUT2D eigenvalue weighted by Crippen LogP contribution is -2.19. The molecule has 19 heavy (non-hydrogen) atoms. The second-order valence-electron chi connectivity index (χ2n) is 4.27. The zero-order valence-electron chi connectivity index (χ0n) is 10.5. The highest BCUT2D eigenvalue weighted by molar-refractivity contribution is 9.10. The predicted molar refractivity (Wildman–Crippen MR) is 78.3 cm³/mol.